The number of benzene rings is 1. The number of rotatable bonds is 5. The fourth-order valence-corrected chi connectivity index (χ4v) is 2.91. The van der Waals surface area contributed by atoms with Gasteiger partial charge in [0, 0.05) is 23.4 Å². The van der Waals surface area contributed by atoms with Crippen molar-refractivity contribution in [3.63, 3.8) is 0 Å². The average molecular weight is 304 g/mol. The van der Waals surface area contributed by atoms with E-state index in [2.05, 4.69) is 50.5 Å². The fraction of sp³-hybridized carbons (Fsp3) is 0.471. The van der Waals surface area contributed by atoms with Crippen molar-refractivity contribution >= 4 is 11.3 Å². The smallest absolute Gasteiger partial charge is 0.118 e. The number of nitrogens with one attached hydrogen (secondary N) is 1. The first kappa shape index (κ1) is 16.0. The van der Waals surface area contributed by atoms with Crippen LogP contribution >= 0.6 is 11.3 Å². The van der Waals surface area contributed by atoms with E-state index >= 15 is 0 Å². The fourth-order valence-electron chi connectivity index (χ4n) is 2.00. The minimum absolute atomic E-state index is 0.129. The molecule has 1 atom stereocenters. The molecule has 0 radical (unpaired) electrons. The molecule has 1 aromatic carbocycles. The van der Waals surface area contributed by atoms with E-state index in [1.54, 1.807) is 18.4 Å². The average Bonchev–Trinajstić information content (AvgIpc) is 2.94. The van der Waals surface area contributed by atoms with Crippen molar-refractivity contribution in [3.8, 4) is 5.75 Å². The predicted octanol–water partition coefficient (Wildman–Crippen LogP) is 4.30. The van der Waals surface area contributed by atoms with Gasteiger partial charge < -0.3 is 10.1 Å². The van der Waals surface area contributed by atoms with E-state index < -0.39 is 0 Å². The maximum absolute atomic E-state index is 5.18. The second kappa shape index (κ2) is 6.58. The summed E-state index contributed by atoms with van der Waals surface area (Å²) in [7, 11) is 1.69. The van der Waals surface area contributed by atoms with E-state index in [-0.39, 0.29) is 11.5 Å². The molecule has 2 rings (SSSR count). The van der Waals surface area contributed by atoms with Crippen molar-refractivity contribution in [2.24, 2.45) is 0 Å². The van der Waals surface area contributed by atoms with Crippen LogP contribution in [0.2, 0.25) is 0 Å². The second-order valence-corrected chi connectivity index (χ2v) is 7.13. The van der Waals surface area contributed by atoms with Gasteiger partial charge in [0.25, 0.3) is 0 Å². The summed E-state index contributed by atoms with van der Waals surface area (Å²) in [4.78, 5) is 4.71. The van der Waals surface area contributed by atoms with Crippen molar-refractivity contribution < 1.29 is 4.74 Å². The molecule has 4 heteroatoms. The summed E-state index contributed by atoms with van der Waals surface area (Å²) in [6, 6.07) is 8.47. The molecule has 0 saturated heterocycles. The van der Waals surface area contributed by atoms with Crippen LogP contribution in [0.5, 0.6) is 5.75 Å². The zero-order valence-corrected chi connectivity index (χ0v) is 14.3. The number of hydrogen-bond acceptors (Lipinski definition) is 4. The summed E-state index contributed by atoms with van der Waals surface area (Å²) < 4.78 is 5.18. The number of ether oxygens (including phenoxy) is 1. The Morgan fingerprint density at radius 3 is 2.43 bits per heavy atom. The molecule has 0 spiro atoms. The molecule has 0 aliphatic carbocycles. The van der Waals surface area contributed by atoms with Crippen molar-refractivity contribution in [1.29, 1.82) is 0 Å². The third kappa shape index (κ3) is 4.29. The van der Waals surface area contributed by atoms with Crippen LogP contribution < -0.4 is 10.1 Å². The van der Waals surface area contributed by atoms with Crippen LogP contribution in [0.15, 0.2) is 29.6 Å². The van der Waals surface area contributed by atoms with Gasteiger partial charge in [-0.25, -0.2) is 4.98 Å². The molecule has 1 N–H and O–H groups in total. The summed E-state index contributed by atoms with van der Waals surface area (Å²) in [6.45, 7) is 9.55. The number of thiazole rings is 1. The topological polar surface area (TPSA) is 34.1 Å². The van der Waals surface area contributed by atoms with Gasteiger partial charge in [-0.2, -0.15) is 0 Å². The van der Waals surface area contributed by atoms with Crippen molar-refractivity contribution in [2.75, 3.05) is 7.11 Å². The molecule has 21 heavy (non-hydrogen) atoms. The van der Waals surface area contributed by atoms with Gasteiger partial charge in [0.15, 0.2) is 0 Å². The van der Waals surface area contributed by atoms with E-state index in [0.717, 1.165) is 18.0 Å². The van der Waals surface area contributed by atoms with Crippen molar-refractivity contribution in [1.82, 2.24) is 10.3 Å². The van der Waals surface area contributed by atoms with Crippen LogP contribution in [0, 0.1) is 0 Å². The first-order chi connectivity index (χ1) is 9.90. The van der Waals surface area contributed by atoms with Crippen LogP contribution in [-0.2, 0) is 12.0 Å². The first-order valence-electron chi connectivity index (χ1n) is 7.22. The maximum Gasteiger partial charge on any atom is 0.118 e. The third-order valence-corrected chi connectivity index (χ3v) is 4.72. The van der Waals surface area contributed by atoms with Gasteiger partial charge in [-0.3, -0.25) is 0 Å². The van der Waals surface area contributed by atoms with Crippen LogP contribution in [0.25, 0.3) is 0 Å². The Morgan fingerprint density at radius 2 is 1.90 bits per heavy atom. The van der Waals surface area contributed by atoms with E-state index in [1.165, 1.54) is 10.6 Å². The molecule has 1 heterocycles. The molecule has 0 bridgehead atoms. The first-order valence-corrected chi connectivity index (χ1v) is 8.10. The van der Waals surface area contributed by atoms with Crippen LogP contribution in [0.3, 0.4) is 0 Å². The lowest BCUT2D eigenvalue weighted by atomic mass is 9.98. The van der Waals surface area contributed by atoms with Gasteiger partial charge in [0.05, 0.1) is 17.8 Å². The monoisotopic (exact) mass is 304 g/mol. The lowest BCUT2D eigenvalue weighted by Crippen LogP contribution is -2.18. The summed E-state index contributed by atoms with van der Waals surface area (Å²) in [5, 5.41) is 6.86. The lowest BCUT2D eigenvalue weighted by Gasteiger charge is -2.15. The van der Waals surface area contributed by atoms with E-state index in [4.69, 9.17) is 9.72 Å². The molecule has 0 aliphatic heterocycles. The van der Waals surface area contributed by atoms with Gasteiger partial charge in [0.2, 0.25) is 0 Å². The molecule has 0 amide bonds. The largest absolute Gasteiger partial charge is 0.497 e. The maximum atomic E-state index is 5.18. The highest BCUT2D eigenvalue weighted by molar-refractivity contribution is 7.09. The predicted molar refractivity (Wildman–Crippen MR) is 89.1 cm³/mol. The minimum atomic E-state index is 0.129. The number of hydrogen-bond donors (Lipinski definition) is 1. The zero-order valence-electron chi connectivity index (χ0n) is 13.4. The summed E-state index contributed by atoms with van der Waals surface area (Å²) in [5.74, 6) is 0.889. The Kier molecular flexibility index (Phi) is 5.01. The summed E-state index contributed by atoms with van der Waals surface area (Å²) >= 11 is 1.74. The SMILES string of the molecule is COc1ccc(C(C)NCc2csc(C(C)(C)C)n2)cc1. The summed E-state index contributed by atoms with van der Waals surface area (Å²) in [6.07, 6.45) is 0. The Labute approximate surface area is 131 Å². The molecule has 0 saturated carbocycles. The molecular weight excluding hydrogens is 280 g/mol. The van der Waals surface area contributed by atoms with Crippen molar-refractivity contribution in [2.45, 2.75) is 45.7 Å². The highest BCUT2D eigenvalue weighted by atomic mass is 32.1. The highest BCUT2D eigenvalue weighted by Gasteiger charge is 2.18. The number of methoxy groups -OCH3 is 1. The molecule has 0 aliphatic rings. The number of nitrogens with zero attached hydrogens (tertiary/aromatic N) is 1. The van der Waals surface area contributed by atoms with Crippen LogP contribution in [0.4, 0.5) is 0 Å². The van der Waals surface area contributed by atoms with Gasteiger partial charge in [0.1, 0.15) is 5.75 Å². The van der Waals surface area contributed by atoms with Crippen LogP contribution in [0.1, 0.15) is 50.0 Å². The Morgan fingerprint density at radius 1 is 1.24 bits per heavy atom. The molecule has 1 aromatic heterocycles. The molecular formula is C17H24N2OS. The minimum Gasteiger partial charge on any atom is -0.497 e. The number of aromatic nitrogens is 1. The molecule has 1 unspecified atom stereocenters. The van der Waals surface area contributed by atoms with Gasteiger partial charge in [-0.1, -0.05) is 32.9 Å². The Bertz CT molecular complexity index is 569. The second-order valence-electron chi connectivity index (χ2n) is 6.27. The van der Waals surface area contributed by atoms with E-state index in [1.807, 2.05) is 12.1 Å². The molecule has 0 fully saturated rings. The van der Waals surface area contributed by atoms with E-state index in [0.29, 0.717) is 0 Å². The quantitative estimate of drug-likeness (QED) is 0.894. The van der Waals surface area contributed by atoms with Gasteiger partial charge >= 0.3 is 0 Å². The van der Waals surface area contributed by atoms with E-state index in [9.17, 15) is 0 Å². The highest BCUT2D eigenvalue weighted by Crippen LogP contribution is 2.25. The molecule has 2 aromatic rings. The van der Waals surface area contributed by atoms with Crippen molar-refractivity contribution in [3.05, 3.63) is 45.9 Å². The Balaban J connectivity index is 1.94. The van der Waals surface area contributed by atoms with Gasteiger partial charge in [-0.15, -0.1) is 11.3 Å². The van der Waals surface area contributed by atoms with Crippen LogP contribution in [-0.4, -0.2) is 12.1 Å². The molecule has 114 valence electrons. The standard InChI is InChI=1S/C17H24N2OS/c1-12(13-6-8-15(20-5)9-7-13)18-10-14-11-21-16(19-14)17(2,3)4/h6-9,11-12,18H,10H2,1-5H3. The normalized spacial score (nSPS) is 13.2. The van der Waals surface area contributed by atoms with Gasteiger partial charge in [-0.05, 0) is 24.6 Å². The molecule has 3 nitrogen and oxygen atoms in total. The lowest BCUT2D eigenvalue weighted by molar-refractivity contribution is 0.414. The third-order valence-electron chi connectivity index (χ3n) is 3.40. The Hall–Kier alpha value is -1.39. The zero-order chi connectivity index (χ0) is 15.5. The summed E-state index contributed by atoms with van der Waals surface area (Å²) in [5.41, 5.74) is 2.50.